The SMILES string of the molecule is N#Cc1cc2c(nc1N1CCCCC1CCO)CCCC2. The van der Waals surface area contributed by atoms with E-state index >= 15 is 0 Å². The Bertz CT molecular complexity index is 548. The van der Waals surface area contributed by atoms with Crippen LogP contribution in [0.4, 0.5) is 5.82 Å². The van der Waals surface area contributed by atoms with E-state index in [0.29, 0.717) is 11.6 Å². The van der Waals surface area contributed by atoms with Gasteiger partial charge in [0.05, 0.1) is 5.56 Å². The van der Waals surface area contributed by atoms with Crippen molar-refractivity contribution in [2.45, 2.75) is 57.4 Å². The molecule has 1 saturated heterocycles. The number of hydrogen-bond acceptors (Lipinski definition) is 4. The molecule has 2 heterocycles. The van der Waals surface area contributed by atoms with Crippen LogP contribution in [0.2, 0.25) is 0 Å². The molecular formula is C17H23N3O. The van der Waals surface area contributed by atoms with Crippen LogP contribution in [-0.2, 0) is 12.8 Å². The van der Waals surface area contributed by atoms with E-state index in [1.165, 1.54) is 30.5 Å². The third-order valence-electron chi connectivity index (χ3n) is 4.76. The maximum atomic E-state index is 9.50. The second-order valence-corrected chi connectivity index (χ2v) is 6.14. The molecule has 1 N–H and O–H groups in total. The topological polar surface area (TPSA) is 60.2 Å². The first-order valence-electron chi connectivity index (χ1n) is 8.14. The number of nitriles is 1. The van der Waals surface area contributed by atoms with Gasteiger partial charge in [-0.15, -0.1) is 0 Å². The lowest BCUT2D eigenvalue weighted by Gasteiger charge is -2.37. The summed E-state index contributed by atoms with van der Waals surface area (Å²) in [7, 11) is 0. The Morgan fingerprint density at radius 1 is 1.29 bits per heavy atom. The van der Waals surface area contributed by atoms with Crippen LogP contribution >= 0.6 is 0 Å². The number of aliphatic hydroxyl groups excluding tert-OH is 1. The van der Waals surface area contributed by atoms with Crippen LogP contribution in [0.15, 0.2) is 6.07 Å². The van der Waals surface area contributed by atoms with Crippen LogP contribution in [0.25, 0.3) is 0 Å². The van der Waals surface area contributed by atoms with Crippen molar-refractivity contribution in [2.24, 2.45) is 0 Å². The molecule has 4 heteroatoms. The van der Waals surface area contributed by atoms with E-state index in [1.54, 1.807) is 0 Å². The van der Waals surface area contributed by atoms with Crippen LogP contribution in [0.3, 0.4) is 0 Å². The Hall–Kier alpha value is -1.60. The van der Waals surface area contributed by atoms with E-state index in [-0.39, 0.29) is 6.61 Å². The molecule has 1 aromatic heterocycles. The van der Waals surface area contributed by atoms with E-state index < -0.39 is 0 Å². The molecule has 0 saturated carbocycles. The number of aryl methyl sites for hydroxylation is 2. The van der Waals surface area contributed by atoms with Gasteiger partial charge in [0.1, 0.15) is 11.9 Å². The number of rotatable bonds is 3. The summed E-state index contributed by atoms with van der Waals surface area (Å²) in [4.78, 5) is 7.13. The van der Waals surface area contributed by atoms with Gasteiger partial charge in [0.25, 0.3) is 0 Å². The van der Waals surface area contributed by atoms with Crippen molar-refractivity contribution in [3.8, 4) is 6.07 Å². The number of pyridine rings is 1. The summed E-state index contributed by atoms with van der Waals surface area (Å²) >= 11 is 0. The Labute approximate surface area is 126 Å². The number of aliphatic hydroxyl groups is 1. The van der Waals surface area contributed by atoms with Crippen LogP contribution in [0.1, 0.15) is 55.3 Å². The highest BCUT2D eigenvalue weighted by Crippen LogP contribution is 2.31. The highest BCUT2D eigenvalue weighted by Gasteiger charge is 2.26. The van der Waals surface area contributed by atoms with Crippen LogP contribution in [0.5, 0.6) is 0 Å². The molecule has 1 aliphatic heterocycles. The minimum absolute atomic E-state index is 0.202. The van der Waals surface area contributed by atoms with Gasteiger partial charge in [-0.3, -0.25) is 0 Å². The van der Waals surface area contributed by atoms with Gasteiger partial charge in [0, 0.05) is 24.9 Å². The third kappa shape index (κ3) is 2.89. The maximum absolute atomic E-state index is 9.50. The zero-order valence-electron chi connectivity index (χ0n) is 12.5. The minimum Gasteiger partial charge on any atom is -0.396 e. The second-order valence-electron chi connectivity index (χ2n) is 6.14. The summed E-state index contributed by atoms with van der Waals surface area (Å²) in [6.45, 7) is 1.15. The fourth-order valence-corrected chi connectivity index (χ4v) is 3.65. The predicted molar refractivity (Wildman–Crippen MR) is 82.3 cm³/mol. The largest absolute Gasteiger partial charge is 0.396 e. The molecule has 21 heavy (non-hydrogen) atoms. The van der Waals surface area contributed by atoms with E-state index in [9.17, 15) is 10.4 Å². The van der Waals surface area contributed by atoms with Crippen molar-refractivity contribution in [2.75, 3.05) is 18.1 Å². The average molecular weight is 285 g/mol. The van der Waals surface area contributed by atoms with Gasteiger partial charge in [0.15, 0.2) is 0 Å². The highest BCUT2D eigenvalue weighted by molar-refractivity contribution is 5.57. The molecule has 1 atom stereocenters. The lowest BCUT2D eigenvalue weighted by molar-refractivity contribution is 0.262. The molecule has 1 aromatic rings. The standard InChI is InChI=1S/C17H23N3O/c18-12-14-11-13-5-1-2-7-16(13)19-17(14)20-9-4-3-6-15(20)8-10-21/h11,15,21H,1-10H2. The van der Waals surface area contributed by atoms with Crippen molar-refractivity contribution in [1.82, 2.24) is 4.98 Å². The fraction of sp³-hybridized carbons (Fsp3) is 0.647. The zero-order chi connectivity index (χ0) is 14.7. The Kier molecular flexibility index (Phi) is 4.40. The summed E-state index contributed by atoms with van der Waals surface area (Å²) < 4.78 is 0. The lowest BCUT2D eigenvalue weighted by atomic mass is 9.94. The number of hydrogen-bond donors (Lipinski definition) is 1. The molecule has 0 spiro atoms. The minimum atomic E-state index is 0.202. The summed E-state index contributed by atoms with van der Waals surface area (Å²) in [6, 6.07) is 4.72. The smallest absolute Gasteiger partial charge is 0.147 e. The number of fused-ring (bicyclic) bond motifs is 1. The zero-order valence-corrected chi connectivity index (χ0v) is 12.5. The summed E-state index contributed by atoms with van der Waals surface area (Å²) in [6.07, 6.45) is 8.69. The van der Waals surface area contributed by atoms with Crippen molar-refractivity contribution in [3.05, 3.63) is 22.9 Å². The van der Waals surface area contributed by atoms with Crippen LogP contribution in [0, 0.1) is 11.3 Å². The predicted octanol–water partition coefficient (Wildman–Crippen LogP) is 2.57. The Morgan fingerprint density at radius 3 is 2.95 bits per heavy atom. The van der Waals surface area contributed by atoms with Crippen molar-refractivity contribution < 1.29 is 5.11 Å². The Morgan fingerprint density at radius 2 is 2.14 bits per heavy atom. The maximum Gasteiger partial charge on any atom is 0.147 e. The van der Waals surface area contributed by atoms with Gasteiger partial charge >= 0.3 is 0 Å². The Balaban J connectivity index is 1.97. The molecular weight excluding hydrogens is 262 g/mol. The van der Waals surface area contributed by atoms with E-state index in [0.717, 1.165) is 44.5 Å². The molecule has 1 aliphatic carbocycles. The van der Waals surface area contributed by atoms with Gasteiger partial charge < -0.3 is 10.0 Å². The third-order valence-corrected chi connectivity index (χ3v) is 4.76. The molecule has 3 rings (SSSR count). The normalized spacial score (nSPS) is 21.7. The molecule has 0 aromatic carbocycles. The van der Waals surface area contributed by atoms with Crippen molar-refractivity contribution in [1.29, 1.82) is 5.26 Å². The second kappa shape index (κ2) is 6.44. The molecule has 0 bridgehead atoms. The van der Waals surface area contributed by atoms with Crippen molar-refractivity contribution in [3.63, 3.8) is 0 Å². The van der Waals surface area contributed by atoms with Crippen molar-refractivity contribution >= 4 is 5.82 Å². The number of anilines is 1. The van der Waals surface area contributed by atoms with Gasteiger partial charge in [-0.25, -0.2) is 4.98 Å². The molecule has 4 nitrogen and oxygen atoms in total. The molecule has 1 unspecified atom stereocenters. The van der Waals surface area contributed by atoms with Gasteiger partial charge in [0.2, 0.25) is 0 Å². The monoisotopic (exact) mass is 285 g/mol. The van der Waals surface area contributed by atoms with Gasteiger partial charge in [-0.2, -0.15) is 5.26 Å². The molecule has 112 valence electrons. The first-order chi connectivity index (χ1) is 10.3. The van der Waals surface area contributed by atoms with E-state index in [2.05, 4.69) is 17.0 Å². The van der Waals surface area contributed by atoms with Crippen LogP contribution in [-0.4, -0.2) is 29.3 Å². The quantitative estimate of drug-likeness (QED) is 0.927. The highest BCUT2D eigenvalue weighted by atomic mass is 16.3. The summed E-state index contributed by atoms with van der Waals surface area (Å²) in [5.41, 5.74) is 3.15. The van der Waals surface area contributed by atoms with Gasteiger partial charge in [-0.05, 0) is 63.0 Å². The van der Waals surface area contributed by atoms with E-state index in [4.69, 9.17) is 4.98 Å². The number of nitrogens with zero attached hydrogens (tertiary/aromatic N) is 3. The fourth-order valence-electron chi connectivity index (χ4n) is 3.65. The first-order valence-corrected chi connectivity index (χ1v) is 8.14. The lowest BCUT2D eigenvalue weighted by Crippen LogP contribution is -2.41. The molecule has 0 radical (unpaired) electrons. The molecule has 0 amide bonds. The average Bonchev–Trinajstić information content (AvgIpc) is 2.54. The van der Waals surface area contributed by atoms with E-state index in [1.807, 2.05) is 0 Å². The number of piperidine rings is 1. The molecule has 2 aliphatic rings. The number of aromatic nitrogens is 1. The van der Waals surface area contributed by atoms with Crippen LogP contribution < -0.4 is 4.90 Å². The summed E-state index contributed by atoms with van der Waals surface area (Å²) in [5, 5.41) is 18.8. The first kappa shape index (κ1) is 14.3. The van der Waals surface area contributed by atoms with Gasteiger partial charge in [-0.1, -0.05) is 0 Å². The summed E-state index contributed by atoms with van der Waals surface area (Å²) in [5.74, 6) is 0.858. The molecule has 1 fully saturated rings.